The van der Waals surface area contributed by atoms with Gasteiger partial charge in [0.05, 0.1) is 6.10 Å². The molecule has 1 amide bonds. The van der Waals surface area contributed by atoms with E-state index in [9.17, 15) is 4.79 Å². The van der Waals surface area contributed by atoms with E-state index in [4.69, 9.17) is 5.11 Å². The van der Waals surface area contributed by atoms with Gasteiger partial charge in [-0.25, -0.2) is 4.98 Å². The van der Waals surface area contributed by atoms with Crippen LogP contribution in [-0.4, -0.2) is 39.5 Å². The van der Waals surface area contributed by atoms with Crippen molar-refractivity contribution in [1.82, 2.24) is 14.9 Å². The zero-order valence-corrected chi connectivity index (χ0v) is 12.9. The van der Waals surface area contributed by atoms with Gasteiger partial charge in [-0.15, -0.1) is 0 Å². The number of nitrogens with zero attached hydrogens (tertiary/aromatic N) is 2. The molecule has 2 N–H and O–H groups in total. The Morgan fingerprint density at radius 1 is 1.43 bits per heavy atom. The Morgan fingerprint density at radius 3 is 2.76 bits per heavy atom. The molecule has 112 valence electrons. The summed E-state index contributed by atoms with van der Waals surface area (Å²) in [6.07, 6.45) is 5.77. The number of aromatic nitrogens is 2. The summed E-state index contributed by atoms with van der Waals surface area (Å²) in [6.45, 7) is 2.17. The standard InChI is InChI=1S/C15H19N3O2S/c1-11(19)7-8-16-14(20)12-3-5-13(6-4-12)18-10-9-17-15(18)21-2/h3-6,9-11,19H,7-8H2,1-2H3,(H,16,20). The molecule has 0 radical (unpaired) electrons. The number of amides is 1. The van der Waals surface area contributed by atoms with E-state index >= 15 is 0 Å². The third-order valence-electron chi connectivity index (χ3n) is 3.04. The van der Waals surface area contributed by atoms with Crippen molar-refractivity contribution in [2.75, 3.05) is 12.8 Å². The van der Waals surface area contributed by atoms with E-state index in [2.05, 4.69) is 10.3 Å². The van der Waals surface area contributed by atoms with Gasteiger partial charge in [-0.1, -0.05) is 11.8 Å². The van der Waals surface area contributed by atoms with E-state index in [1.165, 1.54) is 0 Å². The van der Waals surface area contributed by atoms with Crippen LogP contribution in [0.25, 0.3) is 5.69 Å². The number of aliphatic hydroxyl groups is 1. The molecule has 0 aliphatic rings. The predicted octanol–water partition coefficient (Wildman–Crippen LogP) is 2.09. The molecule has 0 aliphatic heterocycles. The van der Waals surface area contributed by atoms with Crippen LogP contribution in [0.15, 0.2) is 41.8 Å². The number of rotatable bonds is 6. The van der Waals surface area contributed by atoms with Gasteiger partial charge < -0.3 is 10.4 Å². The number of carbonyl (C=O) groups is 1. The maximum Gasteiger partial charge on any atom is 0.251 e. The van der Waals surface area contributed by atoms with Crippen molar-refractivity contribution in [3.05, 3.63) is 42.2 Å². The first-order chi connectivity index (χ1) is 10.1. The summed E-state index contributed by atoms with van der Waals surface area (Å²) >= 11 is 1.57. The van der Waals surface area contributed by atoms with Gasteiger partial charge in [0.2, 0.25) is 0 Å². The number of hydrogen-bond donors (Lipinski definition) is 2. The Hall–Kier alpha value is -1.79. The topological polar surface area (TPSA) is 67.2 Å². The Bertz CT molecular complexity index is 593. The second-order valence-corrected chi connectivity index (χ2v) is 5.50. The second-order valence-electron chi connectivity index (χ2n) is 4.72. The average Bonchev–Trinajstić information content (AvgIpc) is 2.95. The lowest BCUT2D eigenvalue weighted by Gasteiger charge is -2.09. The van der Waals surface area contributed by atoms with Crippen LogP contribution >= 0.6 is 11.8 Å². The number of benzene rings is 1. The second kappa shape index (κ2) is 7.28. The van der Waals surface area contributed by atoms with Crippen molar-refractivity contribution in [2.45, 2.75) is 24.6 Å². The first kappa shape index (κ1) is 15.6. The molecule has 5 nitrogen and oxygen atoms in total. The molecule has 0 saturated carbocycles. The summed E-state index contributed by atoms with van der Waals surface area (Å²) in [4.78, 5) is 16.2. The van der Waals surface area contributed by atoms with Crippen LogP contribution in [0.5, 0.6) is 0 Å². The first-order valence-corrected chi connectivity index (χ1v) is 7.98. The van der Waals surface area contributed by atoms with E-state index < -0.39 is 6.10 Å². The number of imidazole rings is 1. The van der Waals surface area contributed by atoms with Gasteiger partial charge in [0.25, 0.3) is 5.91 Å². The molecule has 21 heavy (non-hydrogen) atoms. The molecule has 0 spiro atoms. The number of hydrogen-bond acceptors (Lipinski definition) is 4. The molecular formula is C15H19N3O2S. The minimum Gasteiger partial charge on any atom is -0.393 e. The summed E-state index contributed by atoms with van der Waals surface area (Å²) < 4.78 is 1.97. The Morgan fingerprint density at radius 2 is 2.14 bits per heavy atom. The molecule has 1 unspecified atom stereocenters. The van der Waals surface area contributed by atoms with E-state index in [0.717, 1.165) is 10.8 Å². The van der Waals surface area contributed by atoms with Crippen LogP contribution in [0, 0.1) is 0 Å². The highest BCUT2D eigenvalue weighted by Gasteiger charge is 2.07. The van der Waals surface area contributed by atoms with Crippen molar-refractivity contribution >= 4 is 17.7 Å². The lowest BCUT2D eigenvalue weighted by molar-refractivity contribution is 0.0945. The molecule has 0 saturated heterocycles. The van der Waals surface area contributed by atoms with Crippen LogP contribution in [0.2, 0.25) is 0 Å². The van der Waals surface area contributed by atoms with E-state index in [-0.39, 0.29) is 5.91 Å². The quantitative estimate of drug-likeness (QED) is 0.802. The fraction of sp³-hybridized carbons (Fsp3) is 0.333. The third kappa shape index (κ3) is 4.09. The fourth-order valence-corrected chi connectivity index (χ4v) is 2.44. The lowest BCUT2D eigenvalue weighted by Crippen LogP contribution is -2.26. The first-order valence-electron chi connectivity index (χ1n) is 6.76. The SMILES string of the molecule is CSc1nccn1-c1ccc(C(=O)NCCC(C)O)cc1. The van der Waals surface area contributed by atoms with Crippen molar-refractivity contribution in [3.63, 3.8) is 0 Å². The molecule has 0 fully saturated rings. The summed E-state index contributed by atoms with van der Waals surface area (Å²) in [6, 6.07) is 7.37. The molecular weight excluding hydrogens is 286 g/mol. The van der Waals surface area contributed by atoms with Gasteiger partial charge in [-0.2, -0.15) is 0 Å². The van der Waals surface area contributed by atoms with Crippen LogP contribution < -0.4 is 5.32 Å². The summed E-state index contributed by atoms with van der Waals surface area (Å²) in [5.74, 6) is -0.127. The minimum absolute atomic E-state index is 0.127. The van der Waals surface area contributed by atoms with Crippen molar-refractivity contribution in [1.29, 1.82) is 0 Å². The highest BCUT2D eigenvalue weighted by molar-refractivity contribution is 7.98. The monoisotopic (exact) mass is 305 g/mol. The lowest BCUT2D eigenvalue weighted by atomic mass is 10.2. The maximum absolute atomic E-state index is 11.9. The minimum atomic E-state index is -0.404. The molecule has 1 aromatic carbocycles. The summed E-state index contributed by atoms with van der Waals surface area (Å²) in [5, 5.41) is 12.9. The van der Waals surface area contributed by atoms with Crippen molar-refractivity contribution in [2.24, 2.45) is 0 Å². The van der Waals surface area contributed by atoms with Crippen LogP contribution in [-0.2, 0) is 0 Å². The van der Waals surface area contributed by atoms with Gasteiger partial charge in [0.15, 0.2) is 5.16 Å². The van der Waals surface area contributed by atoms with Gasteiger partial charge in [-0.3, -0.25) is 9.36 Å². The largest absolute Gasteiger partial charge is 0.393 e. The summed E-state index contributed by atoms with van der Waals surface area (Å²) in [7, 11) is 0. The van der Waals surface area contributed by atoms with E-state index in [1.807, 2.05) is 29.2 Å². The smallest absolute Gasteiger partial charge is 0.251 e. The fourth-order valence-electron chi connectivity index (χ4n) is 1.91. The maximum atomic E-state index is 11.9. The van der Waals surface area contributed by atoms with Crippen LogP contribution in [0.3, 0.4) is 0 Å². The van der Waals surface area contributed by atoms with Crippen molar-refractivity contribution < 1.29 is 9.90 Å². The molecule has 2 rings (SSSR count). The van der Waals surface area contributed by atoms with Gasteiger partial charge in [-0.05, 0) is 43.9 Å². The highest BCUT2D eigenvalue weighted by atomic mass is 32.2. The number of aliphatic hydroxyl groups excluding tert-OH is 1. The summed E-state index contributed by atoms with van der Waals surface area (Å²) in [5.41, 5.74) is 1.58. The Balaban J connectivity index is 2.03. The van der Waals surface area contributed by atoms with Gasteiger partial charge >= 0.3 is 0 Å². The van der Waals surface area contributed by atoms with Gasteiger partial charge in [0, 0.05) is 30.2 Å². The van der Waals surface area contributed by atoms with E-state index in [1.54, 1.807) is 37.0 Å². The number of thioether (sulfide) groups is 1. The average molecular weight is 305 g/mol. The number of nitrogens with one attached hydrogen (secondary N) is 1. The molecule has 2 aromatic rings. The predicted molar refractivity (Wildman–Crippen MR) is 84.0 cm³/mol. The normalized spacial score (nSPS) is 12.1. The third-order valence-corrected chi connectivity index (χ3v) is 3.71. The van der Waals surface area contributed by atoms with Gasteiger partial charge in [0.1, 0.15) is 0 Å². The van der Waals surface area contributed by atoms with Crippen molar-refractivity contribution in [3.8, 4) is 5.69 Å². The zero-order valence-electron chi connectivity index (χ0n) is 12.1. The van der Waals surface area contributed by atoms with Crippen LogP contribution in [0.1, 0.15) is 23.7 Å². The Labute approximate surface area is 128 Å². The Kier molecular flexibility index (Phi) is 5.41. The molecule has 0 bridgehead atoms. The zero-order chi connectivity index (χ0) is 15.2. The molecule has 0 aliphatic carbocycles. The van der Waals surface area contributed by atoms with Crippen LogP contribution in [0.4, 0.5) is 0 Å². The highest BCUT2D eigenvalue weighted by Crippen LogP contribution is 2.18. The van der Waals surface area contributed by atoms with E-state index in [0.29, 0.717) is 18.5 Å². The molecule has 1 atom stereocenters. The molecule has 1 heterocycles. The number of carbonyl (C=O) groups excluding carboxylic acids is 1. The molecule has 6 heteroatoms. The molecule has 1 aromatic heterocycles.